The SMILES string of the molecule is c1ccc(Nc2nc(N3CCN(C(c4ccccc4)c4ccccc4)CC3)nc3ccccc23)cc1. The van der Waals surface area contributed by atoms with Crippen LogP contribution >= 0.6 is 0 Å². The van der Waals surface area contributed by atoms with Crippen molar-refractivity contribution in [3.8, 4) is 0 Å². The van der Waals surface area contributed by atoms with Gasteiger partial charge in [-0.3, -0.25) is 4.90 Å². The summed E-state index contributed by atoms with van der Waals surface area (Å²) in [5, 5.41) is 4.53. The minimum Gasteiger partial charge on any atom is -0.340 e. The Kier molecular flexibility index (Phi) is 6.29. The number of hydrogen-bond acceptors (Lipinski definition) is 5. The van der Waals surface area contributed by atoms with Crippen LogP contribution in [-0.2, 0) is 0 Å². The normalized spacial score (nSPS) is 14.3. The largest absolute Gasteiger partial charge is 0.340 e. The lowest BCUT2D eigenvalue weighted by atomic mass is 9.96. The van der Waals surface area contributed by atoms with Gasteiger partial charge in [0.25, 0.3) is 0 Å². The molecule has 1 aliphatic rings. The lowest BCUT2D eigenvalue weighted by Gasteiger charge is -2.40. The van der Waals surface area contributed by atoms with Crippen molar-refractivity contribution in [1.29, 1.82) is 0 Å². The van der Waals surface area contributed by atoms with Gasteiger partial charge in [0.15, 0.2) is 0 Å². The van der Waals surface area contributed by atoms with Crippen LogP contribution in [0.25, 0.3) is 10.9 Å². The van der Waals surface area contributed by atoms with E-state index in [4.69, 9.17) is 9.97 Å². The molecule has 4 aromatic carbocycles. The molecule has 0 bridgehead atoms. The summed E-state index contributed by atoms with van der Waals surface area (Å²) in [5.74, 6) is 1.62. The molecule has 1 fully saturated rings. The number of nitrogens with one attached hydrogen (secondary N) is 1. The molecular formula is C31H29N5. The molecule has 178 valence electrons. The maximum absolute atomic E-state index is 4.99. The van der Waals surface area contributed by atoms with Crippen molar-refractivity contribution < 1.29 is 0 Å². The molecule has 5 aromatic rings. The van der Waals surface area contributed by atoms with Gasteiger partial charge in [-0.15, -0.1) is 0 Å². The second-order valence-electron chi connectivity index (χ2n) is 9.13. The van der Waals surface area contributed by atoms with Crippen molar-refractivity contribution in [3.05, 3.63) is 126 Å². The Morgan fingerprint density at radius 3 is 1.78 bits per heavy atom. The number of nitrogens with zero attached hydrogens (tertiary/aromatic N) is 4. The van der Waals surface area contributed by atoms with E-state index in [0.717, 1.165) is 54.5 Å². The van der Waals surface area contributed by atoms with E-state index in [0.29, 0.717) is 0 Å². The maximum atomic E-state index is 4.99. The predicted octanol–water partition coefficient (Wildman–Crippen LogP) is 6.29. The molecule has 0 spiro atoms. The molecule has 1 aromatic heterocycles. The molecule has 1 saturated heterocycles. The van der Waals surface area contributed by atoms with Crippen LogP contribution in [0.5, 0.6) is 0 Å². The molecule has 5 heteroatoms. The van der Waals surface area contributed by atoms with Crippen molar-refractivity contribution in [1.82, 2.24) is 14.9 Å². The third-order valence-corrected chi connectivity index (χ3v) is 6.82. The standard InChI is InChI=1S/C31H29N5/c1-4-12-24(13-5-1)29(25-14-6-2-7-15-25)35-20-22-36(23-21-35)31-33-28-19-11-10-18-27(28)30(34-31)32-26-16-8-3-9-17-26/h1-19,29H,20-23H2,(H,32,33,34). The first kappa shape index (κ1) is 22.3. The van der Waals surface area contributed by atoms with Gasteiger partial charge in [0.2, 0.25) is 5.95 Å². The topological polar surface area (TPSA) is 44.3 Å². The van der Waals surface area contributed by atoms with E-state index in [-0.39, 0.29) is 6.04 Å². The summed E-state index contributed by atoms with van der Waals surface area (Å²) in [4.78, 5) is 14.8. The smallest absolute Gasteiger partial charge is 0.227 e. The molecule has 0 aliphatic carbocycles. The van der Waals surface area contributed by atoms with E-state index in [1.165, 1.54) is 11.1 Å². The molecule has 0 saturated carbocycles. The summed E-state index contributed by atoms with van der Waals surface area (Å²) in [5.41, 5.74) is 4.63. The minimum absolute atomic E-state index is 0.238. The Morgan fingerprint density at radius 1 is 0.583 bits per heavy atom. The highest BCUT2D eigenvalue weighted by Gasteiger charge is 2.27. The van der Waals surface area contributed by atoms with Crippen LogP contribution < -0.4 is 10.2 Å². The first-order valence-corrected chi connectivity index (χ1v) is 12.5. The van der Waals surface area contributed by atoms with Crippen molar-refractivity contribution in [3.63, 3.8) is 0 Å². The van der Waals surface area contributed by atoms with Gasteiger partial charge in [0.05, 0.1) is 11.6 Å². The van der Waals surface area contributed by atoms with Gasteiger partial charge in [-0.25, -0.2) is 4.98 Å². The fourth-order valence-electron chi connectivity index (χ4n) is 5.02. The van der Waals surface area contributed by atoms with E-state index in [1.54, 1.807) is 0 Å². The summed E-state index contributed by atoms with van der Waals surface area (Å²) in [7, 11) is 0. The highest BCUT2D eigenvalue weighted by molar-refractivity contribution is 5.91. The predicted molar refractivity (Wildman–Crippen MR) is 148 cm³/mol. The van der Waals surface area contributed by atoms with Gasteiger partial charge in [0, 0.05) is 37.3 Å². The zero-order valence-corrected chi connectivity index (χ0v) is 20.2. The number of rotatable bonds is 6. The van der Waals surface area contributed by atoms with Gasteiger partial charge in [-0.1, -0.05) is 91.0 Å². The van der Waals surface area contributed by atoms with E-state index in [1.807, 2.05) is 30.3 Å². The van der Waals surface area contributed by atoms with Crippen LogP contribution in [0.2, 0.25) is 0 Å². The average Bonchev–Trinajstić information content (AvgIpc) is 2.95. The average molecular weight is 472 g/mol. The number of aromatic nitrogens is 2. The van der Waals surface area contributed by atoms with Gasteiger partial charge in [0.1, 0.15) is 5.82 Å². The number of hydrogen-bond donors (Lipinski definition) is 1. The summed E-state index contributed by atoms with van der Waals surface area (Å²) in [6, 6.07) is 40.3. The summed E-state index contributed by atoms with van der Waals surface area (Å²) in [6.07, 6.45) is 0. The molecule has 1 N–H and O–H groups in total. The number of benzene rings is 4. The number of piperazine rings is 1. The quantitative estimate of drug-likeness (QED) is 0.316. The van der Waals surface area contributed by atoms with E-state index >= 15 is 0 Å². The van der Waals surface area contributed by atoms with Gasteiger partial charge < -0.3 is 10.2 Å². The lowest BCUT2D eigenvalue weighted by Crippen LogP contribution is -2.48. The summed E-state index contributed by atoms with van der Waals surface area (Å²) in [6.45, 7) is 3.62. The summed E-state index contributed by atoms with van der Waals surface area (Å²) >= 11 is 0. The minimum atomic E-state index is 0.238. The fourth-order valence-corrected chi connectivity index (χ4v) is 5.02. The number of fused-ring (bicyclic) bond motifs is 1. The molecular weight excluding hydrogens is 442 g/mol. The van der Waals surface area contributed by atoms with Crippen LogP contribution in [0, 0.1) is 0 Å². The Morgan fingerprint density at radius 2 is 1.14 bits per heavy atom. The molecule has 0 unspecified atom stereocenters. The Bertz CT molecular complexity index is 1380. The molecule has 36 heavy (non-hydrogen) atoms. The molecule has 5 nitrogen and oxygen atoms in total. The highest BCUT2D eigenvalue weighted by atomic mass is 15.3. The third-order valence-electron chi connectivity index (χ3n) is 6.82. The Labute approximate surface area is 212 Å². The molecule has 2 heterocycles. The number of anilines is 3. The fraction of sp³-hybridized carbons (Fsp3) is 0.161. The van der Waals surface area contributed by atoms with E-state index < -0.39 is 0 Å². The van der Waals surface area contributed by atoms with Crippen LogP contribution in [-0.4, -0.2) is 41.0 Å². The molecule has 6 rings (SSSR count). The van der Waals surface area contributed by atoms with Crippen molar-refractivity contribution in [2.24, 2.45) is 0 Å². The van der Waals surface area contributed by atoms with Crippen molar-refractivity contribution in [2.45, 2.75) is 6.04 Å². The molecule has 1 aliphatic heterocycles. The second kappa shape index (κ2) is 10.2. The molecule has 0 radical (unpaired) electrons. The third kappa shape index (κ3) is 4.66. The van der Waals surface area contributed by atoms with Gasteiger partial charge >= 0.3 is 0 Å². The van der Waals surface area contributed by atoms with E-state index in [9.17, 15) is 0 Å². The Hall–Kier alpha value is -4.22. The first-order chi connectivity index (χ1) is 17.8. The highest BCUT2D eigenvalue weighted by Crippen LogP contribution is 2.31. The number of para-hydroxylation sites is 2. The first-order valence-electron chi connectivity index (χ1n) is 12.5. The van der Waals surface area contributed by atoms with Gasteiger partial charge in [-0.2, -0.15) is 4.98 Å². The zero-order valence-electron chi connectivity index (χ0n) is 20.2. The van der Waals surface area contributed by atoms with Crippen LogP contribution in [0.15, 0.2) is 115 Å². The molecule has 0 atom stereocenters. The van der Waals surface area contributed by atoms with Crippen molar-refractivity contribution >= 4 is 28.4 Å². The van der Waals surface area contributed by atoms with Crippen molar-refractivity contribution in [2.75, 3.05) is 36.4 Å². The monoisotopic (exact) mass is 471 g/mol. The zero-order chi connectivity index (χ0) is 24.2. The van der Waals surface area contributed by atoms with Crippen LogP contribution in [0.1, 0.15) is 17.2 Å². The maximum Gasteiger partial charge on any atom is 0.227 e. The summed E-state index contributed by atoms with van der Waals surface area (Å²) < 4.78 is 0. The molecule has 0 amide bonds. The lowest BCUT2D eigenvalue weighted by molar-refractivity contribution is 0.211. The van der Waals surface area contributed by atoms with Crippen LogP contribution in [0.4, 0.5) is 17.5 Å². The second-order valence-corrected chi connectivity index (χ2v) is 9.13. The Balaban J connectivity index is 1.26. The van der Waals surface area contributed by atoms with Gasteiger partial charge in [-0.05, 0) is 35.4 Å². The van der Waals surface area contributed by atoms with E-state index in [2.05, 4.69) is 100 Å². The van der Waals surface area contributed by atoms with Crippen LogP contribution in [0.3, 0.4) is 0 Å².